The Bertz CT molecular complexity index is 1040. The Hall–Kier alpha value is -3.88. The van der Waals surface area contributed by atoms with Gasteiger partial charge in [0.2, 0.25) is 5.88 Å². The van der Waals surface area contributed by atoms with Crippen LogP contribution in [0.4, 0.5) is 23.2 Å². The number of rotatable bonds is 7. The summed E-state index contributed by atoms with van der Waals surface area (Å²) in [6.07, 6.45) is 6.82. The number of hydrogen-bond acceptors (Lipinski definition) is 6. The highest BCUT2D eigenvalue weighted by atomic mass is 19.3. The fourth-order valence-electron chi connectivity index (χ4n) is 2.68. The first kappa shape index (κ1) is 21.8. The number of hydrogen-bond donors (Lipinski definition) is 2. The summed E-state index contributed by atoms with van der Waals surface area (Å²) in [6.45, 7) is -3.07. The molecule has 162 valence electrons. The minimum Gasteiger partial charge on any atom is -0.463 e. The van der Waals surface area contributed by atoms with E-state index in [9.17, 15) is 22.4 Å². The van der Waals surface area contributed by atoms with Gasteiger partial charge < -0.3 is 20.5 Å². The summed E-state index contributed by atoms with van der Waals surface area (Å²) in [7, 11) is 0. The fraction of sp³-hybridized carbons (Fsp3) is 0.263. The number of alkyl halides is 2. The topological polar surface area (TPSA) is 112 Å². The largest absolute Gasteiger partial charge is 0.463 e. The van der Waals surface area contributed by atoms with E-state index in [-0.39, 0.29) is 35.9 Å². The lowest BCUT2D eigenvalue weighted by Crippen LogP contribution is -2.19. The summed E-state index contributed by atoms with van der Waals surface area (Å²) in [4.78, 5) is 22.8. The minimum atomic E-state index is -3.05. The maximum absolute atomic E-state index is 14.2. The van der Waals surface area contributed by atoms with Crippen LogP contribution in [-0.2, 0) is 4.74 Å². The predicted molar refractivity (Wildman–Crippen MR) is 101 cm³/mol. The van der Waals surface area contributed by atoms with Crippen LogP contribution in [-0.4, -0.2) is 41.2 Å². The van der Waals surface area contributed by atoms with Crippen LogP contribution in [0.25, 0.3) is 0 Å². The summed E-state index contributed by atoms with van der Waals surface area (Å²) in [6, 6.07) is 1.25. The number of terminal acetylenes is 1. The first-order valence-electron chi connectivity index (χ1n) is 8.75. The van der Waals surface area contributed by atoms with Gasteiger partial charge in [-0.25, -0.2) is 18.7 Å². The lowest BCUT2D eigenvalue weighted by Gasteiger charge is -2.10. The van der Waals surface area contributed by atoms with E-state index in [1.165, 1.54) is 12.3 Å². The zero-order chi connectivity index (χ0) is 22.5. The molecular weight excluding hydrogens is 422 g/mol. The van der Waals surface area contributed by atoms with Crippen LogP contribution in [0.1, 0.15) is 28.4 Å². The van der Waals surface area contributed by atoms with Gasteiger partial charge in [0.25, 0.3) is 11.9 Å². The number of halogens is 4. The van der Waals surface area contributed by atoms with Gasteiger partial charge in [-0.3, -0.25) is 4.79 Å². The summed E-state index contributed by atoms with van der Waals surface area (Å²) in [5.74, 6) is -1.38. The van der Waals surface area contributed by atoms with E-state index < -0.39 is 42.1 Å². The van der Waals surface area contributed by atoms with E-state index in [1.54, 1.807) is 0 Å². The number of ether oxygens (including phenoxy) is 2. The highest BCUT2D eigenvalue weighted by molar-refractivity contribution is 6.02. The molecule has 0 aliphatic heterocycles. The highest BCUT2D eigenvalue weighted by Gasteiger charge is 2.43. The van der Waals surface area contributed by atoms with Crippen LogP contribution in [0.2, 0.25) is 0 Å². The third-order valence-corrected chi connectivity index (χ3v) is 4.11. The number of nitrogens with two attached hydrogens (primary N) is 1. The van der Waals surface area contributed by atoms with Gasteiger partial charge in [0, 0.05) is 17.7 Å². The summed E-state index contributed by atoms with van der Waals surface area (Å²) >= 11 is 0. The SMILES string of the molecule is C#CCOc1cnc(C(=O)Nc2cc(F)c(F)c([C@H]3C[C@H]3OC(N)=NC(F)F)c2)cn1. The summed E-state index contributed by atoms with van der Waals surface area (Å²) in [5.41, 5.74) is 4.95. The molecule has 0 bridgehead atoms. The van der Waals surface area contributed by atoms with E-state index in [0.29, 0.717) is 0 Å². The Balaban J connectivity index is 1.70. The third kappa shape index (κ3) is 5.59. The van der Waals surface area contributed by atoms with Gasteiger partial charge in [-0.15, -0.1) is 6.42 Å². The number of aromatic nitrogens is 2. The number of amidine groups is 1. The van der Waals surface area contributed by atoms with Crippen molar-refractivity contribution in [3.8, 4) is 18.2 Å². The molecule has 12 heteroatoms. The van der Waals surface area contributed by atoms with Gasteiger partial charge in [0.05, 0.1) is 12.4 Å². The Kier molecular flexibility index (Phi) is 6.54. The maximum Gasteiger partial charge on any atom is 0.336 e. The first-order chi connectivity index (χ1) is 14.8. The van der Waals surface area contributed by atoms with E-state index in [1.807, 2.05) is 0 Å². The van der Waals surface area contributed by atoms with Crippen molar-refractivity contribution in [1.82, 2.24) is 9.97 Å². The second-order valence-electron chi connectivity index (χ2n) is 6.29. The zero-order valence-electron chi connectivity index (χ0n) is 15.7. The average molecular weight is 437 g/mol. The molecule has 1 saturated carbocycles. The number of nitrogens with zero attached hydrogens (tertiary/aromatic N) is 3. The standard InChI is InChI=1S/C19H15F4N5O3/c1-2-3-30-15-8-25-13(7-26-15)17(29)27-9-4-11(16(21)12(20)5-9)10-6-14(10)31-19(24)28-18(22)23/h1,4-5,7-8,10,14,18H,3,6H2,(H2,24,28)(H,27,29)/t10-,14-/m1/s1. The van der Waals surface area contributed by atoms with E-state index >= 15 is 0 Å². The molecule has 2 atom stereocenters. The van der Waals surface area contributed by atoms with Crippen molar-refractivity contribution in [3.05, 3.63) is 47.4 Å². The van der Waals surface area contributed by atoms with Gasteiger partial charge >= 0.3 is 6.55 Å². The van der Waals surface area contributed by atoms with Gasteiger partial charge in [-0.2, -0.15) is 13.8 Å². The molecule has 0 saturated heterocycles. The van der Waals surface area contributed by atoms with Crippen LogP contribution in [0.3, 0.4) is 0 Å². The van der Waals surface area contributed by atoms with Crippen LogP contribution in [0.5, 0.6) is 5.88 Å². The van der Waals surface area contributed by atoms with E-state index in [4.69, 9.17) is 21.6 Å². The highest BCUT2D eigenvalue weighted by Crippen LogP contribution is 2.45. The number of nitrogens with one attached hydrogen (secondary N) is 1. The van der Waals surface area contributed by atoms with Crippen molar-refractivity contribution >= 4 is 17.6 Å². The molecule has 1 heterocycles. The molecule has 3 rings (SSSR count). The molecule has 31 heavy (non-hydrogen) atoms. The Morgan fingerprint density at radius 2 is 2.13 bits per heavy atom. The van der Waals surface area contributed by atoms with Crippen LogP contribution in [0.15, 0.2) is 29.5 Å². The molecule has 8 nitrogen and oxygen atoms in total. The van der Waals surface area contributed by atoms with Gasteiger partial charge in [-0.1, -0.05) is 5.92 Å². The molecule has 3 N–H and O–H groups in total. The molecule has 1 aliphatic carbocycles. The molecular formula is C19H15F4N5O3. The third-order valence-electron chi connectivity index (χ3n) is 4.11. The van der Waals surface area contributed by atoms with Gasteiger partial charge in [0.1, 0.15) is 11.8 Å². The fourth-order valence-corrected chi connectivity index (χ4v) is 2.68. The summed E-state index contributed by atoms with van der Waals surface area (Å²) in [5, 5.41) is 2.38. The Labute approximate surface area is 173 Å². The molecule has 1 aliphatic rings. The van der Waals surface area contributed by atoms with Crippen LogP contribution >= 0.6 is 0 Å². The van der Waals surface area contributed by atoms with Crippen LogP contribution < -0.4 is 15.8 Å². The molecule has 1 fully saturated rings. The average Bonchev–Trinajstić information content (AvgIpc) is 3.47. The maximum atomic E-state index is 14.2. The normalized spacial score (nSPS) is 17.7. The Morgan fingerprint density at radius 1 is 1.35 bits per heavy atom. The van der Waals surface area contributed by atoms with Crippen molar-refractivity contribution in [3.63, 3.8) is 0 Å². The minimum absolute atomic E-state index is 0.0244. The molecule has 1 aromatic carbocycles. The molecule has 1 amide bonds. The number of carbonyl (C=O) groups excluding carboxylic acids is 1. The quantitative estimate of drug-likeness (QED) is 0.226. The number of amides is 1. The number of benzene rings is 1. The summed E-state index contributed by atoms with van der Waals surface area (Å²) < 4.78 is 62.6. The molecule has 2 aromatic rings. The van der Waals surface area contributed by atoms with Crippen molar-refractivity contribution < 1.29 is 31.8 Å². The molecule has 1 aromatic heterocycles. The second-order valence-corrected chi connectivity index (χ2v) is 6.29. The predicted octanol–water partition coefficient (Wildman–Crippen LogP) is 2.43. The number of anilines is 1. The monoisotopic (exact) mass is 437 g/mol. The van der Waals surface area contributed by atoms with Crippen molar-refractivity contribution in [2.75, 3.05) is 11.9 Å². The molecule has 0 unspecified atom stereocenters. The van der Waals surface area contributed by atoms with E-state index in [0.717, 1.165) is 12.3 Å². The van der Waals surface area contributed by atoms with Crippen molar-refractivity contribution in [1.29, 1.82) is 0 Å². The lowest BCUT2D eigenvalue weighted by molar-refractivity contribution is 0.102. The first-order valence-corrected chi connectivity index (χ1v) is 8.75. The van der Waals surface area contributed by atoms with Gasteiger partial charge in [-0.05, 0) is 18.1 Å². The van der Waals surface area contributed by atoms with Crippen LogP contribution in [0, 0.1) is 24.0 Å². The lowest BCUT2D eigenvalue weighted by atomic mass is 10.1. The molecule has 0 radical (unpaired) electrons. The number of carbonyl (C=O) groups is 1. The van der Waals surface area contributed by atoms with E-state index in [2.05, 4.69) is 26.2 Å². The van der Waals surface area contributed by atoms with Gasteiger partial charge in [0.15, 0.2) is 18.2 Å². The number of aliphatic imine (C=N–C) groups is 1. The molecule has 0 spiro atoms. The van der Waals surface area contributed by atoms with Crippen molar-refractivity contribution in [2.24, 2.45) is 10.7 Å². The zero-order valence-corrected chi connectivity index (χ0v) is 15.7. The van der Waals surface area contributed by atoms with Crippen molar-refractivity contribution in [2.45, 2.75) is 25.0 Å². The second kappa shape index (κ2) is 9.29. The Morgan fingerprint density at radius 3 is 2.77 bits per heavy atom. The smallest absolute Gasteiger partial charge is 0.336 e.